The number of amides is 6. The van der Waals surface area contributed by atoms with E-state index in [2.05, 4.69) is 20.5 Å². The number of imide groups is 2. The van der Waals surface area contributed by atoms with E-state index in [4.69, 9.17) is 0 Å². The van der Waals surface area contributed by atoms with Gasteiger partial charge in [0.05, 0.1) is 11.1 Å². The number of phenolic OH excluding ortho intramolecular Hbond substituents is 1. The first kappa shape index (κ1) is 36.9. The quantitative estimate of drug-likeness (QED) is 0.211. The molecular weight excluding hydrogens is 749 g/mol. The number of hydrogen-bond acceptors (Lipinski definition) is 11. The summed E-state index contributed by atoms with van der Waals surface area (Å²) >= 11 is 1.18. The average molecular weight is 784 g/mol. The first-order valence-electron chi connectivity index (χ1n) is 18.0. The Morgan fingerprint density at radius 1 is 0.982 bits per heavy atom. The van der Waals surface area contributed by atoms with Crippen molar-refractivity contribution in [2.45, 2.75) is 56.9 Å². The molecule has 2 fully saturated rings. The molecule has 56 heavy (non-hydrogen) atoms. The summed E-state index contributed by atoms with van der Waals surface area (Å²) in [5.74, 6) is -5.44. The van der Waals surface area contributed by atoms with Gasteiger partial charge in [-0.05, 0) is 74.3 Å². The fourth-order valence-electron chi connectivity index (χ4n) is 7.99. The van der Waals surface area contributed by atoms with Gasteiger partial charge in [-0.25, -0.2) is 13.8 Å². The van der Waals surface area contributed by atoms with Crippen LogP contribution in [0.4, 0.5) is 19.6 Å². The summed E-state index contributed by atoms with van der Waals surface area (Å²) in [5, 5.41) is 17.5. The van der Waals surface area contributed by atoms with Crippen LogP contribution in [0.1, 0.15) is 79.5 Å². The van der Waals surface area contributed by atoms with E-state index in [9.17, 15) is 38.3 Å². The van der Waals surface area contributed by atoms with E-state index in [1.54, 1.807) is 11.4 Å². The SMILES string of the molecule is CN(Cc1cc2c(cc1F)C(=O)N(C1CCC(=O)NC1=O)C2=O)C1CCN(c2ccc3c(c2)C(=O)N(C(C(=O)Nc2nccs2)c2cc(F)ccc2O)C3)CC1. The number of anilines is 2. The Balaban J connectivity index is 0.932. The Hall–Kier alpha value is -6.07. The van der Waals surface area contributed by atoms with Crippen LogP contribution in [0.25, 0.3) is 0 Å². The molecule has 17 heteroatoms. The Kier molecular flexibility index (Phi) is 9.58. The number of aromatic hydroxyl groups is 1. The third-order valence-electron chi connectivity index (χ3n) is 10.9. The van der Waals surface area contributed by atoms with E-state index in [-0.39, 0.29) is 60.0 Å². The highest BCUT2D eigenvalue weighted by Gasteiger charge is 2.45. The summed E-state index contributed by atoms with van der Waals surface area (Å²) in [7, 11) is 1.86. The van der Waals surface area contributed by atoms with Gasteiger partial charge in [0.2, 0.25) is 11.8 Å². The number of nitrogens with one attached hydrogen (secondary N) is 2. The molecule has 4 aromatic rings. The second-order valence-electron chi connectivity index (χ2n) is 14.3. The number of fused-ring (bicyclic) bond motifs is 2. The maximum Gasteiger partial charge on any atom is 0.262 e. The zero-order chi connectivity index (χ0) is 39.4. The number of thiazole rings is 1. The molecule has 6 amide bonds. The minimum Gasteiger partial charge on any atom is -0.508 e. The van der Waals surface area contributed by atoms with Gasteiger partial charge in [-0.1, -0.05) is 6.07 Å². The Morgan fingerprint density at radius 2 is 1.73 bits per heavy atom. The van der Waals surface area contributed by atoms with E-state index in [0.29, 0.717) is 42.2 Å². The van der Waals surface area contributed by atoms with Gasteiger partial charge in [-0.2, -0.15) is 0 Å². The van der Waals surface area contributed by atoms with Crippen LogP contribution < -0.4 is 15.5 Å². The van der Waals surface area contributed by atoms with Crippen LogP contribution in [0.3, 0.4) is 0 Å². The first-order valence-corrected chi connectivity index (χ1v) is 18.9. The Bertz CT molecular complexity index is 2310. The lowest BCUT2D eigenvalue weighted by molar-refractivity contribution is -0.136. The highest BCUT2D eigenvalue weighted by Crippen LogP contribution is 2.38. The van der Waals surface area contributed by atoms with E-state index >= 15 is 4.39 Å². The lowest BCUT2D eigenvalue weighted by atomic mass is 10.00. The van der Waals surface area contributed by atoms with Crippen LogP contribution in [0, 0.1) is 11.6 Å². The number of hydrogen-bond donors (Lipinski definition) is 3. The normalized spacial score (nSPS) is 19.1. The molecular formula is C39H35F2N7O7S. The number of aromatic nitrogens is 1. The van der Waals surface area contributed by atoms with Crippen molar-refractivity contribution >= 4 is 57.6 Å². The van der Waals surface area contributed by atoms with Crippen LogP contribution >= 0.6 is 11.3 Å². The molecule has 8 rings (SSSR count). The lowest BCUT2D eigenvalue weighted by Crippen LogP contribution is -2.54. The zero-order valence-corrected chi connectivity index (χ0v) is 30.8. The lowest BCUT2D eigenvalue weighted by Gasteiger charge is -2.38. The van der Waals surface area contributed by atoms with Gasteiger partial charge >= 0.3 is 0 Å². The van der Waals surface area contributed by atoms with Crippen molar-refractivity contribution in [1.82, 2.24) is 25.0 Å². The van der Waals surface area contributed by atoms with Crippen LogP contribution in [0.15, 0.2) is 60.1 Å². The zero-order valence-electron chi connectivity index (χ0n) is 30.0. The number of rotatable bonds is 9. The van der Waals surface area contributed by atoms with Crippen LogP contribution in [-0.4, -0.2) is 92.5 Å². The van der Waals surface area contributed by atoms with Gasteiger partial charge in [0, 0.05) is 72.6 Å². The number of carbonyl (C=O) groups excluding carboxylic acids is 6. The second kappa shape index (κ2) is 14.5. The Morgan fingerprint density at radius 3 is 2.45 bits per heavy atom. The molecule has 0 radical (unpaired) electrons. The van der Waals surface area contributed by atoms with Gasteiger partial charge in [0.25, 0.3) is 23.6 Å². The van der Waals surface area contributed by atoms with E-state index in [1.165, 1.54) is 28.5 Å². The van der Waals surface area contributed by atoms with Crippen LogP contribution in [0.2, 0.25) is 0 Å². The number of phenols is 1. The second-order valence-corrected chi connectivity index (χ2v) is 15.2. The fraction of sp³-hybridized carbons (Fsp3) is 0.308. The largest absolute Gasteiger partial charge is 0.508 e. The molecule has 0 saturated carbocycles. The van der Waals surface area contributed by atoms with Crippen molar-refractivity contribution in [3.63, 3.8) is 0 Å². The Labute approximate surface area is 322 Å². The number of carbonyl (C=O) groups is 6. The smallest absolute Gasteiger partial charge is 0.262 e. The van der Waals surface area contributed by atoms with Crippen molar-refractivity contribution in [1.29, 1.82) is 0 Å². The van der Waals surface area contributed by atoms with Gasteiger partial charge in [-0.15, -0.1) is 11.3 Å². The summed E-state index contributed by atoms with van der Waals surface area (Å²) in [6, 6.07) is 8.73. The highest BCUT2D eigenvalue weighted by molar-refractivity contribution is 7.13. The average Bonchev–Trinajstić information content (AvgIpc) is 3.87. The molecule has 3 aromatic carbocycles. The summed E-state index contributed by atoms with van der Waals surface area (Å²) in [6.07, 6.45) is 2.88. The summed E-state index contributed by atoms with van der Waals surface area (Å²) < 4.78 is 29.8. The number of benzene rings is 3. The maximum absolute atomic E-state index is 15.4. The van der Waals surface area contributed by atoms with E-state index < -0.39 is 59.2 Å². The van der Waals surface area contributed by atoms with Crippen molar-refractivity contribution < 1.29 is 42.7 Å². The molecule has 0 spiro atoms. The number of piperidine rings is 2. The van der Waals surface area contributed by atoms with Crippen molar-refractivity contribution in [3.05, 3.63) is 105 Å². The van der Waals surface area contributed by atoms with Gasteiger partial charge in [-0.3, -0.25) is 49.2 Å². The molecule has 14 nitrogen and oxygen atoms in total. The molecule has 3 N–H and O–H groups in total. The molecule has 2 saturated heterocycles. The predicted molar refractivity (Wildman–Crippen MR) is 198 cm³/mol. The van der Waals surface area contributed by atoms with Gasteiger partial charge in [0.15, 0.2) is 5.13 Å². The maximum atomic E-state index is 15.4. The predicted octanol–water partition coefficient (Wildman–Crippen LogP) is 3.96. The highest BCUT2D eigenvalue weighted by atomic mass is 32.1. The minimum absolute atomic E-state index is 0.00265. The summed E-state index contributed by atoms with van der Waals surface area (Å²) in [6.45, 7) is 1.44. The standard InChI is InChI=1S/C39H35F2N7O7S/c1-45(18-21-14-26-27(17-29(21)41)38(55)48(37(26)54)30-5-7-32(50)43-34(30)51)23-8-11-46(12-9-23)24-4-2-20-19-47(36(53)25(20)16-24)33(28-15-22(40)3-6-31(28)49)35(52)44-39-42-10-13-56-39/h2-4,6,10,13-17,23,30,33,49H,5,7-9,11-12,18-19H2,1H3,(H,42,44,52)(H,43,50,51). The van der Waals surface area contributed by atoms with Crippen molar-refractivity contribution in [3.8, 4) is 5.75 Å². The molecule has 5 heterocycles. The first-order chi connectivity index (χ1) is 26.9. The van der Waals surface area contributed by atoms with Crippen LogP contribution in [-0.2, 0) is 27.5 Å². The summed E-state index contributed by atoms with van der Waals surface area (Å²) in [5.41, 5.74) is 1.94. The molecule has 0 bridgehead atoms. The van der Waals surface area contributed by atoms with Gasteiger partial charge in [0.1, 0.15) is 29.5 Å². The van der Waals surface area contributed by atoms with Crippen molar-refractivity contribution in [2.75, 3.05) is 30.4 Å². The van der Waals surface area contributed by atoms with E-state index in [0.717, 1.165) is 34.9 Å². The fourth-order valence-corrected chi connectivity index (χ4v) is 8.52. The van der Waals surface area contributed by atoms with Crippen LogP contribution in [0.5, 0.6) is 5.75 Å². The third kappa shape index (κ3) is 6.66. The molecule has 1 aromatic heterocycles. The molecule has 288 valence electrons. The third-order valence-corrected chi connectivity index (χ3v) is 11.6. The monoisotopic (exact) mass is 783 g/mol. The molecule has 4 aliphatic rings. The molecule has 4 aliphatic heterocycles. The topological polar surface area (TPSA) is 173 Å². The minimum atomic E-state index is -1.34. The van der Waals surface area contributed by atoms with E-state index in [1.807, 2.05) is 24.1 Å². The molecule has 0 aliphatic carbocycles. The molecule has 2 atom stereocenters. The molecule has 2 unspecified atom stereocenters. The number of halogens is 2. The van der Waals surface area contributed by atoms with Crippen molar-refractivity contribution in [2.24, 2.45) is 0 Å². The number of nitrogens with zero attached hydrogens (tertiary/aromatic N) is 5. The summed E-state index contributed by atoms with van der Waals surface area (Å²) in [4.78, 5) is 88.3. The van der Waals surface area contributed by atoms with Gasteiger partial charge < -0.3 is 14.9 Å².